The van der Waals surface area contributed by atoms with Gasteiger partial charge in [-0.25, -0.2) is 8.42 Å². The molecule has 0 spiro atoms. The second-order valence-electron chi connectivity index (χ2n) is 4.23. The highest BCUT2D eigenvalue weighted by Gasteiger charge is 2.20. The first-order valence-electron chi connectivity index (χ1n) is 6.04. The molecule has 1 heterocycles. The lowest BCUT2D eigenvalue weighted by Crippen LogP contribution is -2.16. The van der Waals surface area contributed by atoms with E-state index in [1.165, 1.54) is 23.5 Å². The summed E-state index contributed by atoms with van der Waals surface area (Å²) in [7, 11) is -3.75. The monoisotopic (exact) mass is 388 g/mol. The number of anilines is 1. The van der Waals surface area contributed by atoms with Crippen LogP contribution in [0.5, 0.6) is 0 Å². The Morgan fingerprint density at radius 3 is 2.48 bits per heavy atom. The number of hydrogen-bond acceptors (Lipinski definition) is 4. The minimum absolute atomic E-state index is 0.118. The van der Waals surface area contributed by atoms with Crippen molar-refractivity contribution in [2.75, 3.05) is 4.72 Å². The molecule has 0 radical (unpaired) electrons. The van der Waals surface area contributed by atoms with Crippen LogP contribution in [0.4, 0.5) is 5.00 Å². The fourth-order valence-electron chi connectivity index (χ4n) is 1.67. The molecule has 0 saturated heterocycles. The van der Waals surface area contributed by atoms with Crippen molar-refractivity contribution in [1.29, 1.82) is 0 Å². The van der Waals surface area contributed by atoms with Crippen LogP contribution in [0.2, 0.25) is 0 Å². The Morgan fingerprint density at radius 2 is 1.95 bits per heavy atom. The molecule has 2 rings (SSSR count). The van der Waals surface area contributed by atoms with E-state index < -0.39 is 15.9 Å². The molecule has 0 unspecified atom stereocenters. The number of primary amides is 1. The molecule has 112 valence electrons. The van der Waals surface area contributed by atoms with Gasteiger partial charge in [0.15, 0.2) is 0 Å². The summed E-state index contributed by atoms with van der Waals surface area (Å²) in [5.41, 5.74) is 5.48. The molecule has 8 heteroatoms. The Labute approximate surface area is 135 Å². The van der Waals surface area contributed by atoms with Gasteiger partial charge in [0.2, 0.25) is 0 Å². The van der Waals surface area contributed by atoms with E-state index in [2.05, 4.69) is 20.7 Å². The molecule has 5 nitrogen and oxygen atoms in total. The summed E-state index contributed by atoms with van der Waals surface area (Å²) in [4.78, 5) is 12.4. The first-order chi connectivity index (χ1) is 9.83. The van der Waals surface area contributed by atoms with Crippen molar-refractivity contribution in [2.45, 2.75) is 18.2 Å². The molecule has 3 N–H and O–H groups in total. The summed E-state index contributed by atoms with van der Waals surface area (Å²) >= 11 is 4.46. The SMILES string of the molecule is CCc1cc(C(N)=O)c(NS(=O)(=O)c2ccc(Br)cc2)s1. The number of hydrogen-bond donors (Lipinski definition) is 2. The molecule has 1 amide bonds. The minimum Gasteiger partial charge on any atom is -0.366 e. The van der Waals surface area contributed by atoms with Crippen LogP contribution in [0.3, 0.4) is 0 Å². The summed E-state index contributed by atoms with van der Waals surface area (Å²) < 4.78 is 27.8. The Bertz CT molecular complexity index is 767. The van der Waals surface area contributed by atoms with E-state index in [9.17, 15) is 13.2 Å². The number of benzene rings is 1. The van der Waals surface area contributed by atoms with Crippen LogP contribution in [0, 0.1) is 0 Å². The third-order valence-corrected chi connectivity index (χ3v) is 5.97. The Kier molecular flexibility index (Phi) is 4.70. The van der Waals surface area contributed by atoms with Crippen LogP contribution in [-0.4, -0.2) is 14.3 Å². The molecule has 1 aromatic heterocycles. The molecule has 21 heavy (non-hydrogen) atoms. The molecule has 1 aromatic carbocycles. The maximum Gasteiger partial charge on any atom is 0.262 e. The van der Waals surface area contributed by atoms with E-state index in [-0.39, 0.29) is 15.5 Å². The molecule has 0 atom stereocenters. The van der Waals surface area contributed by atoms with Gasteiger partial charge in [0.1, 0.15) is 5.00 Å². The zero-order valence-electron chi connectivity index (χ0n) is 11.1. The maximum absolute atomic E-state index is 12.3. The summed E-state index contributed by atoms with van der Waals surface area (Å²) in [5, 5.41) is 0.252. The Balaban J connectivity index is 2.38. The number of sulfonamides is 1. The third-order valence-electron chi connectivity index (χ3n) is 2.75. The largest absolute Gasteiger partial charge is 0.366 e. The smallest absolute Gasteiger partial charge is 0.262 e. The van der Waals surface area contributed by atoms with E-state index in [1.807, 2.05) is 6.92 Å². The first kappa shape index (κ1) is 16.0. The number of carbonyl (C=O) groups is 1. The molecule has 0 aliphatic heterocycles. The van der Waals surface area contributed by atoms with Crippen LogP contribution in [0.1, 0.15) is 22.2 Å². The van der Waals surface area contributed by atoms with E-state index >= 15 is 0 Å². The minimum atomic E-state index is -3.75. The van der Waals surface area contributed by atoms with E-state index in [0.717, 1.165) is 9.35 Å². The molecule has 2 aromatic rings. The van der Waals surface area contributed by atoms with E-state index in [0.29, 0.717) is 6.42 Å². The van der Waals surface area contributed by atoms with Gasteiger partial charge in [0.05, 0.1) is 10.5 Å². The summed E-state index contributed by atoms with van der Waals surface area (Å²) in [6.45, 7) is 1.92. The topological polar surface area (TPSA) is 89.3 Å². The number of thiophene rings is 1. The van der Waals surface area contributed by atoms with Gasteiger partial charge in [-0.05, 0) is 36.8 Å². The van der Waals surface area contributed by atoms with E-state index in [4.69, 9.17) is 5.73 Å². The highest BCUT2D eigenvalue weighted by Crippen LogP contribution is 2.30. The highest BCUT2D eigenvalue weighted by molar-refractivity contribution is 9.10. The third kappa shape index (κ3) is 3.63. The van der Waals surface area contributed by atoms with Crippen molar-refractivity contribution in [3.05, 3.63) is 45.2 Å². The van der Waals surface area contributed by atoms with Gasteiger partial charge in [0, 0.05) is 9.35 Å². The zero-order valence-corrected chi connectivity index (χ0v) is 14.3. The number of amides is 1. The van der Waals surface area contributed by atoms with Crippen molar-refractivity contribution in [3.63, 3.8) is 0 Å². The number of carbonyl (C=O) groups excluding carboxylic acids is 1. The Hall–Kier alpha value is -1.38. The standard InChI is InChI=1S/C13H13BrN2O3S2/c1-2-9-7-11(12(15)17)13(20-9)16-21(18,19)10-5-3-8(14)4-6-10/h3-7,16H,2H2,1H3,(H2,15,17). The predicted octanol–water partition coefficient (Wildman–Crippen LogP) is 2.97. The normalized spacial score (nSPS) is 11.3. The second-order valence-corrected chi connectivity index (χ2v) is 7.97. The lowest BCUT2D eigenvalue weighted by Gasteiger charge is -2.07. The van der Waals surface area contributed by atoms with Crippen molar-refractivity contribution in [1.82, 2.24) is 0 Å². The van der Waals surface area contributed by atoms with Crippen LogP contribution < -0.4 is 10.5 Å². The fraction of sp³-hybridized carbons (Fsp3) is 0.154. The van der Waals surface area contributed by atoms with Crippen molar-refractivity contribution >= 4 is 48.2 Å². The molecule has 0 fully saturated rings. The highest BCUT2D eigenvalue weighted by atomic mass is 79.9. The molecular weight excluding hydrogens is 376 g/mol. The quantitative estimate of drug-likeness (QED) is 0.824. The maximum atomic E-state index is 12.3. The summed E-state index contributed by atoms with van der Waals surface area (Å²) in [6, 6.07) is 7.84. The lowest BCUT2D eigenvalue weighted by molar-refractivity contribution is 0.100. The molecule has 0 aliphatic carbocycles. The number of rotatable bonds is 5. The average molecular weight is 389 g/mol. The molecular formula is C13H13BrN2O3S2. The fourth-order valence-corrected chi connectivity index (χ4v) is 4.25. The molecule has 0 saturated carbocycles. The number of nitrogens with two attached hydrogens (primary N) is 1. The first-order valence-corrected chi connectivity index (χ1v) is 9.13. The van der Waals surface area contributed by atoms with Crippen LogP contribution in [0.25, 0.3) is 0 Å². The van der Waals surface area contributed by atoms with Gasteiger partial charge in [-0.15, -0.1) is 11.3 Å². The average Bonchev–Trinajstić information content (AvgIpc) is 2.81. The van der Waals surface area contributed by atoms with Gasteiger partial charge >= 0.3 is 0 Å². The predicted molar refractivity (Wildman–Crippen MR) is 87.2 cm³/mol. The lowest BCUT2D eigenvalue weighted by atomic mass is 10.2. The van der Waals surface area contributed by atoms with Gasteiger partial charge in [0.25, 0.3) is 15.9 Å². The summed E-state index contributed by atoms with van der Waals surface area (Å²) in [6.07, 6.45) is 0.699. The van der Waals surface area contributed by atoms with Gasteiger partial charge in [-0.2, -0.15) is 0 Å². The van der Waals surface area contributed by atoms with Gasteiger partial charge in [-0.1, -0.05) is 22.9 Å². The molecule has 0 bridgehead atoms. The van der Waals surface area contributed by atoms with Crippen LogP contribution >= 0.6 is 27.3 Å². The number of aryl methyl sites for hydroxylation is 1. The van der Waals surface area contributed by atoms with Gasteiger partial charge in [-0.3, -0.25) is 9.52 Å². The van der Waals surface area contributed by atoms with Crippen molar-refractivity contribution < 1.29 is 13.2 Å². The Morgan fingerprint density at radius 1 is 1.33 bits per heavy atom. The van der Waals surface area contributed by atoms with E-state index in [1.54, 1.807) is 18.2 Å². The molecule has 0 aliphatic rings. The number of nitrogens with one attached hydrogen (secondary N) is 1. The van der Waals surface area contributed by atoms with Crippen LogP contribution in [-0.2, 0) is 16.4 Å². The van der Waals surface area contributed by atoms with Crippen LogP contribution in [0.15, 0.2) is 39.7 Å². The summed E-state index contributed by atoms with van der Waals surface area (Å²) in [5.74, 6) is -0.653. The number of halogens is 1. The van der Waals surface area contributed by atoms with Crippen molar-refractivity contribution in [3.8, 4) is 0 Å². The van der Waals surface area contributed by atoms with Crippen molar-refractivity contribution in [2.24, 2.45) is 5.73 Å². The zero-order chi connectivity index (χ0) is 15.6. The second kappa shape index (κ2) is 6.17. The van der Waals surface area contributed by atoms with Gasteiger partial charge < -0.3 is 5.73 Å².